The number of carbonyl (C=O) groups is 2. The van der Waals surface area contributed by atoms with Gasteiger partial charge in [-0.2, -0.15) is 0 Å². The molecular formula is C18H14Cl2O4. The summed E-state index contributed by atoms with van der Waals surface area (Å²) in [4.78, 5) is 26.0. The van der Waals surface area contributed by atoms with Gasteiger partial charge in [-0.25, -0.2) is 0 Å². The second-order valence-corrected chi connectivity index (χ2v) is 5.78. The molecule has 0 heterocycles. The molecule has 2 aromatic carbocycles. The highest BCUT2D eigenvalue weighted by molar-refractivity contribution is 6.31. The zero-order valence-electron chi connectivity index (χ0n) is 13.1. The SMILES string of the molecule is COc1c(CCl)c(CCl)c(OC)c2c1C(=O)c1ccccc1C2=O. The predicted molar refractivity (Wildman–Crippen MR) is 92.0 cm³/mol. The fourth-order valence-electron chi connectivity index (χ4n) is 3.12. The minimum Gasteiger partial charge on any atom is -0.496 e. The van der Waals surface area contributed by atoms with Crippen LogP contribution in [0.25, 0.3) is 0 Å². The molecule has 4 nitrogen and oxygen atoms in total. The van der Waals surface area contributed by atoms with E-state index in [1.165, 1.54) is 14.2 Å². The number of ketones is 2. The molecule has 0 saturated heterocycles. The van der Waals surface area contributed by atoms with Gasteiger partial charge in [-0.1, -0.05) is 24.3 Å². The second kappa shape index (κ2) is 6.46. The third-order valence-corrected chi connectivity index (χ3v) is 4.70. The summed E-state index contributed by atoms with van der Waals surface area (Å²) in [6.45, 7) is 0. The first-order valence-electron chi connectivity index (χ1n) is 7.20. The fourth-order valence-corrected chi connectivity index (χ4v) is 3.68. The van der Waals surface area contributed by atoms with Crippen LogP contribution >= 0.6 is 23.2 Å². The maximum atomic E-state index is 13.0. The Hall–Kier alpha value is -2.04. The topological polar surface area (TPSA) is 52.6 Å². The van der Waals surface area contributed by atoms with Crippen LogP contribution in [0, 0.1) is 0 Å². The molecule has 0 spiro atoms. The molecule has 0 amide bonds. The van der Waals surface area contributed by atoms with Gasteiger partial charge >= 0.3 is 0 Å². The maximum absolute atomic E-state index is 13.0. The van der Waals surface area contributed by atoms with Crippen molar-refractivity contribution in [2.75, 3.05) is 14.2 Å². The minimum atomic E-state index is -0.289. The lowest BCUT2D eigenvalue weighted by Gasteiger charge is -2.25. The zero-order chi connectivity index (χ0) is 17.4. The van der Waals surface area contributed by atoms with Gasteiger partial charge in [0.25, 0.3) is 0 Å². The molecule has 2 aromatic rings. The van der Waals surface area contributed by atoms with Gasteiger partial charge in [0.15, 0.2) is 11.6 Å². The highest BCUT2D eigenvalue weighted by Crippen LogP contribution is 2.44. The zero-order valence-corrected chi connectivity index (χ0v) is 14.6. The first kappa shape index (κ1) is 16.8. The van der Waals surface area contributed by atoms with Crippen molar-refractivity contribution in [1.29, 1.82) is 0 Å². The molecule has 0 aromatic heterocycles. The minimum absolute atomic E-state index is 0.0813. The van der Waals surface area contributed by atoms with Crippen LogP contribution in [0.5, 0.6) is 11.5 Å². The average molecular weight is 365 g/mol. The summed E-state index contributed by atoms with van der Waals surface area (Å²) < 4.78 is 10.9. The van der Waals surface area contributed by atoms with Crippen molar-refractivity contribution in [2.45, 2.75) is 11.8 Å². The molecule has 1 aliphatic carbocycles. The second-order valence-electron chi connectivity index (χ2n) is 5.24. The van der Waals surface area contributed by atoms with E-state index >= 15 is 0 Å². The molecule has 24 heavy (non-hydrogen) atoms. The highest BCUT2D eigenvalue weighted by atomic mass is 35.5. The van der Waals surface area contributed by atoms with Gasteiger partial charge in [0, 0.05) is 22.3 Å². The first-order valence-corrected chi connectivity index (χ1v) is 8.27. The number of hydrogen-bond donors (Lipinski definition) is 0. The lowest BCUT2D eigenvalue weighted by molar-refractivity contribution is 0.0973. The number of halogens is 2. The van der Waals surface area contributed by atoms with Crippen molar-refractivity contribution in [2.24, 2.45) is 0 Å². The molecule has 0 N–H and O–H groups in total. The molecule has 3 rings (SSSR count). The molecule has 6 heteroatoms. The summed E-state index contributed by atoms with van der Waals surface area (Å²) in [7, 11) is 2.88. The summed E-state index contributed by atoms with van der Waals surface area (Å²) in [5.41, 5.74) is 2.17. The Balaban J connectivity index is 2.47. The van der Waals surface area contributed by atoms with Crippen LogP contribution in [0.1, 0.15) is 43.0 Å². The van der Waals surface area contributed by atoms with E-state index in [9.17, 15) is 9.59 Å². The van der Waals surface area contributed by atoms with Gasteiger partial charge in [0.1, 0.15) is 11.5 Å². The van der Waals surface area contributed by atoms with Crippen molar-refractivity contribution in [3.63, 3.8) is 0 Å². The van der Waals surface area contributed by atoms with E-state index in [0.717, 1.165) is 0 Å². The lowest BCUT2D eigenvalue weighted by Crippen LogP contribution is -2.24. The van der Waals surface area contributed by atoms with E-state index in [1.807, 2.05) is 0 Å². The van der Waals surface area contributed by atoms with Crippen LogP contribution in [0.4, 0.5) is 0 Å². The number of hydrogen-bond acceptors (Lipinski definition) is 4. The van der Waals surface area contributed by atoms with Crippen LogP contribution in [0.2, 0.25) is 0 Å². The van der Waals surface area contributed by atoms with E-state index in [1.54, 1.807) is 24.3 Å². The standard InChI is InChI=1S/C18H14Cl2O4/c1-23-17-11(7-19)12(8-20)18(24-2)14-13(17)15(21)9-5-3-4-6-10(9)16(14)22/h3-6H,7-8H2,1-2H3. The third kappa shape index (κ3) is 2.21. The van der Waals surface area contributed by atoms with Gasteiger partial charge in [0.05, 0.1) is 37.1 Å². The van der Waals surface area contributed by atoms with Crippen molar-refractivity contribution in [3.8, 4) is 11.5 Å². The Morgan fingerprint density at radius 2 is 1.17 bits per heavy atom. The number of ether oxygens (including phenoxy) is 2. The molecule has 0 bridgehead atoms. The molecule has 0 aliphatic heterocycles. The first-order chi connectivity index (χ1) is 11.6. The maximum Gasteiger partial charge on any atom is 0.198 e. The summed E-state index contributed by atoms with van der Waals surface area (Å²) in [5, 5.41) is 0. The molecule has 0 atom stereocenters. The van der Waals surface area contributed by atoms with Gasteiger partial charge < -0.3 is 9.47 Å². The van der Waals surface area contributed by atoms with Gasteiger partial charge in [-0.05, 0) is 0 Å². The number of rotatable bonds is 4. The van der Waals surface area contributed by atoms with Crippen molar-refractivity contribution < 1.29 is 19.1 Å². The summed E-state index contributed by atoms with van der Waals surface area (Å²) in [6.07, 6.45) is 0. The Kier molecular flexibility index (Phi) is 4.52. The van der Waals surface area contributed by atoms with Crippen LogP contribution in [0.15, 0.2) is 24.3 Å². The summed E-state index contributed by atoms with van der Waals surface area (Å²) in [6, 6.07) is 6.68. The quantitative estimate of drug-likeness (QED) is 0.657. The third-order valence-electron chi connectivity index (χ3n) is 4.16. The normalized spacial score (nSPS) is 12.7. The van der Waals surface area contributed by atoms with Crippen LogP contribution in [-0.2, 0) is 11.8 Å². The number of carbonyl (C=O) groups excluding carboxylic acids is 2. The molecule has 124 valence electrons. The number of alkyl halides is 2. The van der Waals surface area contributed by atoms with E-state index in [4.69, 9.17) is 32.7 Å². The molecule has 0 fully saturated rings. The lowest BCUT2D eigenvalue weighted by atomic mass is 9.81. The average Bonchev–Trinajstić information content (AvgIpc) is 2.63. The summed E-state index contributed by atoms with van der Waals surface area (Å²) >= 11 is 12.1. The predicted octanol–water partition coefficient (Wildman–Crippen LogP) is 3.96. The smallest absolute Gasteiger partial charge is 0.198 e. The van der Waals surface area contributed by atoms with Crippen molar-refractivity contribution >= 4 is 34.8 Å². The van der Waals surface area contributed by atoms with E-state index < -0.39 is 0 Å². The van der Waals surface area contributed by atoms with Crippen molar-refractivity contribution in [1.82, 2.24) is 0 Å². The van der Waals surface area contributed by atoms with Gasteiger partial charge in [-0.3, -0.25) is 9.59 Å². The van der Waals surface area contributed by atoms with E-state index in [0.29, 0.717) is 22.3 Å². The fraction of sp³-hybridized carbons (Fsp3) is 0.222. The van der Waals surface area contributed by atoms with E-state index in [2.05, 4.69) is 0 Å². The Morgan fingerprint density at radius 1 is 0.792 bits per heavy atom. The van der Waals surface area contributed by atoms with Gasteiger partial charge in [0.2, 0.25) is 0 Å². The summed E-state index contributed by atoms with van der Waals surface area (Å²) in [5.74, 6) is 0.148. The highest BCUT2D eigenvalue weighted by Gasteiger charge is 2.38. The van der Waals surface area contributed by atoms with Crippen molar-refractivity contribution in [3.05, 3.63) is 57.6 Å². The largest absolute Gasteiger partial charge is 0.496 e. The van der Waals surface area contributed by atoms with Crippen LogP contribution < -0.4 is 9.47 Å². The Bertz CT molecular complexity index is 789. The Labute approximate surface area is 149 Å². The van der Waals surface area contributed by atoms with Crippen LogP contribution in [0.3, 0.4) is 0 Å². The van der Waals surface area contributed by atoms with Crippen LogP contribution in [-0.4, -0.2) is 25.8 Å². The number of fused-ring (bicyclic) bond motifs is 2. The number of benzene rings is 2. The molecule has 1 aliphatic rings. The molecule has 0 saturated carbocycles. The van der Waals surface area contributed by atoms with Gasteiger partial charge in [-0.15, -0.1) is 23.2 Å². The number of methoxy groups -OCH3 is 2. The molecular weight excluding hydrogens is 351 g/mol. The Morgan fingerprint density at radius 3 is 1.46 bits per heavy atom. The van der Waals surface area contributed by atoms with E-state index in [-0.39, 0.29) is 46.0 Å². The molecule has 0 radical (unpaired) electrons. The molecule has 0 unspecified atom stereocenters. The monoisotopic (exact) mass is 364 g/mol.